The van der Waals surface area contributed by atoms with Crippen LogP contribution in [0.3, 0.4) is 0 Å². The lowest BCUT2D eigenvalue weighted by Gasteiger charge is -2.30. The number of esters is 1. The zero-order valence-electron chi connectivity index (χ0n) is 12.2. The van der Waals surface area contributed by atoms with Crippen LogP contribution in [-0.4, -0.2) is 48.5 Å². The predicted molar refractivity (Wildman–Crippen MR) is 79.9 cm³/mol. The highest BCUT2D eigenvalue weighted by atomic mass is 32.1. The van der Waals surface area contributed by atoms with Gasteiger partial charge in [0.05, 0.1) is 30.2 Å². The first-order valence-corrected chi connectivity index (χ1v) is 8.01. The summed E-state index contributed by atoms with van der Waals surface area (Å²) in [5, 5.41) is 2.90. The number of hydrogen-bond donors (Lipinski definition) is 1. The fourth-order valence-electron chi connectivity index (χ4n) is 2.47. The van der Waals surface area contributed by atoms with Crippen LogP contribution in [0.5, 0.6) is 0 Å². The van der Waals surface area contributed by atoms with Crippen LogP contribution in [-0.2, 0) is 27.2 Å². The fraction of sp³-hybridized carbons (Fsp3) is 0.643. The Morgan fingerprint density at radius 1 is 1.48 bits per heavy atom. The summed E-state index contributed by atoms with van der Waals surface area (Å²) in [7, 11) is 1.40. The molecular formula is C14H21N3O3S. The Bertz CT molecular complexity index is 495. The molecule has 2 rings (SSSR count). The molecule has 0 radical (unpaired) electrons. The van der Waals surface area contributed by atoms with Gasteiger partial charge in [0.15, 0.2) is 0 Å². The van der Waals surface area contributed by atoms with Crippen molar-refractivity contribution in [1.82, 2.24) is 9.88 Å². The second-order valence-corrected chi connectivity index (χ2v) is 6.07. The van der Waals surface area contributed by atoms with E-state index in [1.807, 2.05) is 5.38 Å². The summed E-state index contributed by atoms with van der Waals surface area (Å²) in [6.07, 6.45) is 2.43. The molecular weight excluding hydrogens is 290 g/mol. The maximum atomic E-state index is 12.2. The van der Waals surface area contributed by atoms with Gasteiger partial charge in [-0.3, -0.25) is 9.59 Å². The zero-order chi connectivity index (χ0) is 15.2. The van der Waals surface area contributed by atoms with Crippen LogP contribution >= 0.6 is 11.3 Å². The SMILES string of the molecule is COC(=O)C1CCN(C(=O)Cc2csc(CCN)n2)CC1. The Balaban J connectivity index is 1.82. The lowest BCUT2D eigenvalue weighted by atomic mass is 9.97. The standard InChI is InChI=1S/C14H21N3O3S/c1-20-14(19)10-3-6-17(7-4-10)13(18)8-11-9-21-12(16-11)2-5-15/h9-10H,2-8,15H2,1H3. The van der Waals surface area contributed by atoms with Crippen molar-refractivity contribution in [3.8, 4) is 0 Å². The zero-order valence-corrected chi connectivity index (χ0v) is 13.0. The second-order valence-electron chi connectivity index (χ2n) is 5.13. The van der Waals surface area contributed by atoms with Crippen LogP contribution < -0.4 is 5.73 Å². The van der Waals surface area contributed by atoms with Gasteiger partial charge in [-0.2, -0.15) is 0 Å². The number of carbonyl (C=O) groups is 2. The Hall–Kier alpha value is -1.47. The first-order chi connectivity index (χ1) is 10.1. The average molecular weight is 311 g/mol. The molecule has 0 aliphatic carbocycles. The molecule has 0 bridgehead atoms. The average Bonchev–Trinajstić information content (AvgIpc) is 2.94. The minimum absolute atomic E-state index is 0.0721. The van der Waals surface area contributed by atoms with Crippen LogP contribution in [0.15, 0.2) is 5.38 Å². The smallest absolute Gasteiger partial charge is 0.308 e. The van der Waals surface area contributed by atoms with E-state index in [4.69, 9.17) is 10.5 Å². The molecule has 0 saturated carbocycles. The molecule has 2 N–H and O–H groups in total. The largest absolute Gasteiger partial charge is 0.469 e. The number of hydrogen-bond acceptors (Lipinski definition) is 6. The molecule has 1 amide bonds. The summed E-state index contributed by atoms with van der Waals surface area (Å²) in [4.78, 5) is 29.9. The van der Waals surface area contributed by atoms with Gasteiger partial charge in [0.25, 0.3) is 0 Å². The monoisotopic (exact) mass is 311 g/mol. The van der Waals surface area contributed by atoms with Crippen molar-refractivity contribution >= 4 is 23.2 Å². The van der Waals surface area contributed by atoms with Crippen LogP contribution in [0, 0.1) is 5.92 Å². The summed E-state index contributed by atoms with van der Waals surface area (Å²) in [6, 6.07) is 0. The molecule has 1 aromatic rings. The number of aromatic nitrogens is 1. The number of methoxy groups -OCH3 is 1. The fourth-order valence-corrected chi connectivity index (χ4v) is 3.28. The Kier molecular flexibility index (Phi) is 5.69. The number of nitrogens with zero attached hydrogens (tertiary/aromatic N) is 2. The van der Waals surface area contributed by atoms with E-state index in [0.29, 0.717) is 38.9 Å². The van der Waals surface area contributed by atoms with Gasteiger partial charge >= 0.3 is 5.97 Å². The highest BCUT2D eigenvalue weighted by molar-refractivity contribution is 7.09. The number of carbonyl (C=O) groups excluding carboxylic acids is 2. The number of ether oxygens (including phenoxy) is 1. The molecule has 21 heavy (non-hydrogen) atoms. The van der Waals surface area contributed by atoms with Crippen LogP contribution in [0.4, 0.5) is 0 Å². The second kappa shape index (κ2) is 7.51. The third-order valence-corrected chi connectivity index (χ3v) is 4.63. The predicted octanol–water partition coefficient (Wildman–Crippen LogP) is 0.598. The van der Waals surface area contributed by atoms with Crippen LogP contribution in [0.25, 0.3) is 0 Å². The van der Waals surface area contributed by atoms with Gasteiger partial charge < -0.3 is 15.4 Å². The number of amides is 1. The molecule has 2 heterocycles. The topological polar surface area (TPSA) is 85.5 Å². The van der Waals surface area contributed by atoms with E-state index < -0.39 is 0 Å². The molecule has 116 valence electrons. The van der Waals surface area contributed by atoms with Gasteiger partial charge in [0.1, 0.15) is 0 Å². The highest BCUT2D eigenvalue weighted by Crippen LogP contribution is 2.19. The van der Waals surface area contributed by atoms with Crippen molar-refractivity contribution in [3.05, 3.63) is 16.1 Å². The molecule has 0 atom stereocenters. The van der Waals surface area contributed by atoms with Crippen LogP contribution in [0.2, 0.25) is 0 Å². The Morgan fingerprint density at radius 3 is 2.81 bits per heavy atom. The normalized spacial score (nSPS) is 16.0. The molecule has 1 saturated heterocycles. The number of likely N-dealkylation sites (tertiary alicyclic amines) is 1. The summed E-state index contributed by atoms with van der Waals surface area (Å²) in [5.74, 6) is -0.176. The first-order valence-electron chi connectivity index (χ1n) is 7.13. The Morgan fingerprint density at radius 2 is 2.19 bits per heavy atom. The van der Waals surface area contributed by atoms with Crippen molar-refractivity contribution in [2.75, 3.05) is 26.7 Å². The van der Waals surface area contributed by atoms with E-state index >= 15 is 0 Å². The van der Waals surface area contributed by atoms with E-state index in [0.717, 1.165) is 17.1 Å². The lowest BCUT2D eigenvalue weighted by molar-refractivity contribution is -0.148. The van der Waals surface area contributed by atoms with Gasteiger partial charge in [-0.05, 0) is 19.4 Å². The van der Waals surface area contributed by atoms with Crippen LogP contribution in [0.1, 0.15) is 23.5 Å². The van der Waals surface area contributed by atoms with E-state index in [9.17, 15) is 9.59 Å². The molecule has 7 heteroatoms. The van der Waals surface area contributed by atoms with E-state index in [-0.39, 0.29) is 17.8 Å². The molecule has 6 nitrogen and oxygen atoms in total. The summed E-state index contributed by atoms with van der Waals surface area (Å²) < 4.78 is 4.75. The van der Waals surface area contributed by atoms with Crippen molar-refractivity contribution in [3.63, 3.8) is 0 Å². The number of piperidine rings is 1. The summed E-state index contributed by atoms with van der Waals surface area (Å²) >= 11 is 1.55. The van der Waals surface area contributed by atoms with Gasteiger partial charge in [-0.15, -0.1) is 11.3 Å². The number of nitrogens with two attached hydrogens (primary N) is 1. The third kappa shape index (κ3) is 4.25. The minimum Gasteiger partial charge on any atom is -0.469 e. The minimum atomic E-state index is -0.173. The first kappa shape index (κ1) is 15.9. The molecule has 0 unspecified atom stereocenters. The maximum absolute atomic E-state index is 12.2. The van der Waals surface area contributed by atoms with Crippen molar-refractivity contribution in [1.29, 1.82) is 0 Å². The van der Waals surface area contributed by atoms with Gasteiger partial charge in [0.2, 0.25) is 5.91 Å². The van der Waals surface area contributed by atoms with E-state index in [1.54, 1.807) is 16.2 Å². The lowest BCUT2D eigenvalue weighted by Crippen LogP contribution is -2.41. The van der Waals surface area contributed by atoms with Gasteiger partial charge in [0, 0.05) is 24.9 Å². The third-order valence-electron chi connectivity index (χ3n) is 3.67. The summed E-state index contributed by atoms with van der Waals surface area (Å²) in [6.45, 7) is 1.79. The molecule has 0 spiro atoms. The highest BCUT2D eigenvalue weighted by Gasteiger charge is 2.27. The van der Waals surface area contributed by atoms with Crippen molar-refractivity contribution in [2.45, 2.75) is 25.7 Å². The molecule has 1 fully saturated rings. The van der Waals surface area contributed by atoms with Gasteiger partial charge in [-0.1, -0.05) is 0 Å². The molecule has 1 aliphatic rings. The van der Waals surface area contributed by atoms with Crippen molar-refractivity contribution < 1.29 is 14.3 Å². The summed E-state index contributed by atoms with van der Waals surface area (Å²) in [5.41, 5.74) is 6.30. The number of rotatable bonds is 5. The van der Waals surface area contributed by atoms with E-state index in [1.165, 1.54) is 7.11 Å². The Labute approximate surface area is 128 Å². The van der Waals surface area contributed by atoms with Gasteiger partial charge in [-0.25, -0.2) is 4.98 Å². The maximum Gasteiger partial charge on any atom is 0.308 e. The molecule has 1 aliphatic heterocycles. The molecule has 1 aromatic heterocycles. The quantitative estimate of drug-likeness (QED) is 0.805. The van der Waals surface area contributed by atoms with Crippen molar-refractivity contribution in [2.24, 2.45) is 11.7 Å². The van der Waals surface area contributed by atoms with E-state index in [2.05, 4.69) is 4.98 Å². The molecule has 0 aromatic carbocycles. The number of thiazole rings is 1.